The minimum Gasteiger partial charge on any atom is -0.436 e. The van der Waals surface area contributed by atoms with E-state index in [1.54, 1.807) is 0 Å². The minimum atomic E-state index is 0.586. The first-order chi connectivity index (χ1) is 12.3. The summed E-state index contributed by atoms with van der Waals surface area (Å²) in [5, 5.41) is 0. The van der Waals surface area contributed by atoms with Crippen molar-refractivity contribution in [2.24, 2.45) is 0 Å². The highest BCUT2D eigenvalue weighted by molar-refractivity contribution is 9.10. The molecule has 0 N–H and O–H groups in total. The van der Waals surface area contributed by atoms with Crippen molar-refractivity contribution in [1.82, 2.24) is 9.97 Å². The lowest BCUT2D eigenvalue weighted by Crippen LogP contribution is -2.25. The van der Waals surface area contributed by atoms with Crippen molar-refractivity contribution in [3.63, 3.8) is 0 Å². The number of benzene rings is 2. The van der Waals surface area contributed by atoms with Crippen molar-refractivity contribution in [2.45, 2.75) is 25.7 Å². The molecule has 1 aliphatic rings. The van der Waals surface area contributed by atoms with Gasteiger partial charge in [-0.3, -0.25) is 0 Å². The second-order valence-corrected chi connectivity index (χ2v) is 7.21. The van der Waals surface area contributed by atoms with Crippen LogP contribution < -0.4 is 9.64 Å². The molecule has 0 unspecified atom stereocenters. The van der Waals surface area contributed by atoms with Gasteiger partial charge in [-0.2, -0.15) is 0 Å². The maximum absolute atomic E-state index is 6.13. The van der Waals surface area contributed by atoms with Crippen LogP contribution in [0, 0.1) is 0 Å². The first-order valence-corrected chi connectivity index (χ1v) is 9.54. The van der Waals surface area contributed by atoms with E-state index in [1.165, 1.54) is 25.7 Å². The molecule has 4 nitrogen and oxygen atoms in total. The summed E-state index contributed by atoms with van der Waals surface area (Å²) in [4.78, 5) is 12.0. The van der Waals surface area contributed by atoms with Gasteiger partial charge < -0.3 is 9.64 Å². The molecule has 0 atom stereocenters. The quantitative estimate of drug-likeness (QED) is 0.579. The number of hydrogen-bond donors (Lipinski definition) is 0. The van der Waals surface area contributed by atoms with Gasteiger partial charge in [-0.15, -0.1) is 0 Å². The molecule has 0 amide bonds. The largest absolute Gasteiger partial charge is 0.436 e. The number of ether oxygens (including phenoxy) is 1. The van der Waals surface area contributed by atoms with Gasteiger partial charge in [0.2, 0.25) is 0 Å². The van der Waals surface area contributed by atoms with E-state index >= 15 is 0 Å². The Hall–Kier alpha value is -2.14. The van der Waals surface area contributed by atoms with E-state index in [0.29, 0.717) is 5.88 Å². The van der Waals surface area contributed by atoms with Gasteiger partial charge in [0.15, 0.2) is 5.82 Å². The van der Waals surface area contributed by atoms with Crippen molar-refractivity contribution in [1.29, 1.82) is 0 Å². The van der Waals surface area contributed by atoms with Crippen LogP contribution in [0.15, 0.2) is 53.0 Å². The number of hydrogen-bond acceptors (Lipinski definition) is 4. The molecule has 1 aliphatic heterocycles. The van der Waals surface area contributed by atoms with Crippen LogP contribution >= 0.6 is 15.9 Å². The van der Waals surface area contributed by atoms with E-state index < -0.39 is 0 Å². The molecule has 1 aromatic heterocycles. The average molecular weight is 398 g/mol. The lowest BCUT2D eigenvalue weighted by molar-refractivity contribution is 0.461. The molecule has 5 heteroatoms. The van der Waals surface area contributed by atoms with Gasteiger partial charge in [-0.25, -0.2) is 9.97 Å². The third kappa shape index (κ3) is 3.76. The van der Waals surface area contributed by atoms with E-state index in [-0.39, 0.29) is 0 Å². The van der Waals surface area contributed by atoms with E-state index in [4.69, 9.17) is 14.7 Å². The monoisotopic (exact) mass is 397 g/mol. The molecule has 25 heavy (non-hydrogen) atoms. The smallest absolute Gasteiger partial charge is 0.263 e. The lowest BCUT2D eigenvalue weighted by Gasteiger charge is -2.23. The SMILES string of the molecule is Brc1ccc(Oc2nc3ccccc3nc2N2CCCCCC2)cc1. The van der Waals surface area contributed by atoms with Crippen LogP contribution in [0.2, 0.25) is 0 Å². The highest BCUT2D eigenvalue weighted by atomic mass is 79.9. The third-order valence-corrected chi connectivity index (χ3v) is 4.98. The molecule has 0 saturated carbocycles. The van der Waals surface area contributed by atoms with E-state index in [0.717, 1.165) is 40.2 Å². The van der Waals surface area contributed by atoms with Gasteiger partial charge in [0.1, 0.15) is 5.75 Å². The van der Waals surface area contributed by atoms with Crippen molar-refractivity contribution in [2.75, 3.05) is 18.0 Å². The van der Waals surface area contributed by atoms with Crippen LogP contribution in [-0.4, -0.2) is 23.1 Å². The summed E-state index contributed by atoms with van der Waals surface area (Å²) < 4.78 is 7.16. The zero-order valence-electron chi connectivity index (χ0n) is 14.0. The summed E-state index contributed by atoms with van der Waals surface area (Å²) in [5.74, 6) is 2.20. The van der Waals surface area contributed by atoms with Gasteiger partial charge >= 0.3 is 0 Å². The predicted octanol–water partition coefficient (Wildman–Crippen LogP) is 5.57. The summed E-state index contributed by atoms with van der Waals surface area (Å²) >= 11 is 3.46. The molecule has 0 radical (unpaired) electrons. The van der Waals surface area contributed by atoms with Crippen molar-refractivity contribution in [3.8, 4) is 11.6 Å². The summed E-state index contributed by atoms with van der Waals surface area (Å²) in [7, 11) is 0. The average Bonchev–Trinajstić information content (AvgIpc) is 2.92. The van der Waals surface area contributed by atoms with Crippen molar-refractivity contribution in [3.05, 3.63) is 53.0 Å². The third-order valence-electron chi connectivity index (χ3n) is 4.46. The maximum Gasteiger partial charge on any atom is 0.263 e. The topological polar surface area (TPSA) is 38.3 Å². The molecule has 0 spiro atoms. The Morgan fingerprint density at radius 3 is 2.12 bits per heavy atom. The fraction of sp³-hybridized carbons (Fsp3) is 0.300. The van der Waals surface area contributed by atoms with Crippen LogP contribution in [0.4, 0.5) is 5.82 Å². The number of halogens is 1. The van der Waals surface area contributed by atoms with Crippen LogP contribution in [-0.2, 0) is 0 Å². The molecule has 0 aliphatic carbocycles. The van der Waals surface area contributed by atoms with Gasteiger partial charge in [0.25, 0.3) is 5.88 Å². The zero-order chi connectivity index (χ0) is 17.1. The number of rotatable bonds is 3. The Morgan fingerprint density at radius 1 is 0.800 bits per heavy atom. The first-order valence-electron chi connectivity index (χ1n) is 8.75. The minimum absolute atomic E-state index is 0.586. The Kier molecular flexibility index (Phi) is 4.83. The molecule has 2 aromatic carbocycles. The molecule has 2 heterocycles. The predicted molar refractivity (Wildman–Crippen MR) is 104 cm³/mol. The standard InChI is InChI=1S/C20H20BrN3O/c21-15-9-11-16(12-10-15)25-20-19(24-13-5-1-2-6-14-24)22-17-7-3-4-8-18(17)23-20/h3-4,7-12H,1-2,5-6,13-14H2. The van der Waals surface area contributed by atoms with Crippen LogP contribution in [0.25, 0.3) is 11.0 Å². The number of nitrogens with zero attached hydrogens (tertiary/aromatic N) is 3. The summed E-state index contributed by atoms with van der Waals surface area (Å²) in [6.45, 7) is 2.01. The maximum atomic E-state index is 6.13. The molecule has 4 rings (SSSR count). The molecular formula is C20H20BrN3O. The van der Waals surface area contributed by atoms with Crippen LogP contribution in [0.3, 0.4) is 0 Å². The summed E-state index contributed by atoms with van der Waals surface area (Å²) in [6, 6.07) is 15.8. The van der Waals surface area contributed by atoms with E-state index in [1.807, 2.05) is 48.5 Å². The highest BCUT2D eigenvalue weighted by Crippen LogP contribution is 2.32. The Bertz CT molecular complexity index is 858. The van der Waals surface area contributed by atoms with Gasteiger partial charge in [-0.1, -0.05) is 40.9 Å². The fourth-order valence-corrected chi connectivity index (χ4v) is 3.41. The van der Waals surface area contributed by atoms with Gasteiger partial charge in [-0.05, 0) is 49.2 Å². The molecule has 1 fully saturated rings. The number of para-hydroxylation sites is 2. The van der Waals surface area contributed by atoms with Gasteiger partial charge in [0.05, 0.1) is 11.0 Å². The lowest BCUT2D eigenvalue weighted by atomic mass is 10.2. The second kappa shape index (κ2) is 7.40. The molecule has 0 bridgehead atoms. The number of anilines is 1. The Balaban J connectivity index is 1.76. The van der Waals surface area contributed by atoms with Crippen LogP contribution in [0.1, 0.15) is 25.7 Å². The number of fused-ring (bicyclic) bond motifs is 1. The number of aromatic nitrogens is 2. The molecule has 128 valence electrons. The highest BCUT2D eigenvalue weighted by Gasteiger charge is 2.19. The van der Waals surface area contributed by atoms with E-state index in [2.05, 4.69) is 20.8 Å². The van der Waals surface area contributed by atoms with Crippen LogP contribution in [0.5, 0.6) is 11.6 Å². The molecule has 3 aromatic rings. The normalized spacial score (nSPS) is 15.2. The fourth-order valence-electron chi connectivity index (χ4n) is 3.15. The molecule has 1 saturated heterocycles. The van der Waals surface area contributed by atoms with Gasteiger partial charge in [0, 0.05) is 17.6 Å². The first kappa shape index (κ1) is 16.3. The molecular weight excluding hydrogens is 378 g/mol. The Morgan fingerprint density at radius 2 is 1.44 bits per heavy atom. The van der Waals surface area contributed by atoms with E-state index in [9.17, 15) is 0 Å². The second-order valence-electron chi connectivity index (χ2n) is 6.30. The van der Waals surface area contributed by atoms with Crippen molar-refractivity contribution >= 4 is 32.8 Å². The zero-order valence-corrected chi connectivity index (χ0v) is 15.6. The summed E-state index contributed by atoms with van der Waals surface area (Å²) in [6.07, 6.45) is 4.93. The summed E-state index contributed by atoms with van der Waals surface area (Å²) in [5.41, 5.74) is 1.76. The van der Waals surface area contributed by atoms with Crippen molar-refractivity contribution < 1.29 is 4.74 Å². The Labute approximate surface area is 156 Å².